The van der Waals surface area contributed by atoms with E-state index in [4.69, 9.17) is 5.73 Å². The van der Waals surface area contributed by atoms with Gasteiger partial charge in [0.05, 0.1) is 27.8 Å². The Kier molecular flexibility index (Phi) is 5.47. The molecule has 1 aliphatic rings. The highest BCUT2D eigenvalue weighted by Gasteiger charge is 2.26. The third-order valence-electron chi connectivity index (χ3n) is 6.74. The quantitative estimate of drug-likeness (QED) is 0.452. The van der Waals surface area contributed by atoms with Crippen molar-refractivity contribution in [2.75, 3.05) is 35.6 Å². The highest BCUT2D eigenvalue weighted by Crippen LogP contribution is 2.32. The average molecular weight is 460 g/mol. The first kappa shape index (κ1) is 21.9. The Balaban J connectivity index is 1.47. The number of aryl methyl sites for hydroxylation is 2. The van der Waals surface area contributed by atoms with Crippen LogP contribution >= 0.6 is 0 Å². The van der Waals surface area contributed by atoms with Crippen molar-refractivity contribution in [3.05, 3.63) is 63.1 Å². The third kappa shape index (κ3) is 3.57. The van der Waals surface area contributed by atoms with E-state index in [1.807, 2.05) is 44.2 Å². The molecule has 0 spiro atoms. The minimum absolute atomic E-state index is 0.161. The van der Waals surface area contributed by atoms with Crippen LogP contribution in [0.1, 0.15) is 31.4 Å². The smallest absolute Gasteiger partial charge is 0.331 e. The van der Waals surface area contributed by atoms with Gasteiger partial charge in [0.15, 0.2) is 0 Å². The molecule has 5 rings (SSSR count). The first-order valence-corrected chi connectivity index (χ1v) is 11.6. The van der Waals surface area contributed by atoms with Gasteiger partial charge in [-0.2, -0.15) is 0 Å². The fourth-order valence-corrected chi connectivity index (χ4v) is 4.95. The predicted octanol–water partition coefficient (Wildman–Crippen LogP) is 2.81. The number of hydrogen-bond acceptors (Lipinski definition) is 7. The Morgan fingerprint density at radius 3 is 2.59 bits per heavy atom. The second kappa shape index (κ2) is 8.48. The van der Waals surface area contributed by atoms with E-state index in [0.29, 0.717) is 42.5 Å². The van der Waals surface area contributed by atoms with Crippen LogP contribution in [-0.4, -0.2) is 38.7 Å². The van der Waals surface area contributed by atoms with Crippen LogP contribution in [0.4, 0.5) is 17.2 Å². The second-order valence-corrected chi connectivity index (χ2v) is 8.94. The molecule has 176 valence electrons. The highest BCUT2D eigenvalue weighted by molar-refractivity contribution is 5.95. The first-order valence-electron chi connectivity index (χ1n) is 11.6. The van der Waals surface area contributed by atoms with Crippen LogP contribution in [0.2, 0.25) is 0 Å². The van der Waals surface area contributed by atoms with E-state index in [-0.39, 0.29) is 17.3 Å². The number of nitrogen functional groups attached to an aromatic ring is 1. The van der Waals surface area contributed by atoms with Crippen LogP contribution in [0, 0.1) is 6.92 Å². The van der Waals surface area contributed by atoms with Crippen molar-refractivity contribution in [1.29, 1.82) is 0 Å². The molecule has 3 N–H and O–H groups in total. The zero-order chi connectivity index (χ0) is 24.0. The SMILES string of the molecule is CCNc1cc2ncnc(N3CCC(n4c(=O)c5cc(C)ccc5n(C)c4=O)CC3)c2cc1N. The molecule has 1 fully saturated rings. The van der Waals surface area contributed by atoms with E-state index in [1.165, 1.54) is 4.57 Å². The number of rotatable bonds is 4. The van der Waals surface area contributed by atoms with E-state index in [1.54, 1.807) is 17.9 Å². The molecule has 9 nitrogen and oxygen atoms in total. The van der Waals surface area contributed by atoms with Gasteiger partial charge >= 0.3 is 5.69 Å². The summed E-state index contributed by atoms with van der Waals surface area (Å²) in [5.41, 5.74) is 9.78. The summed E-state index contributed by atoms with van der Waals surface area (Å²) in [7, 11) is 1.73. The molecule has 0 unspecified atom stereocenters. The molecule has 4 aromatic rings. The van der Waals surface area contributed by atoms with Gasteiger partial charge in [0, 0.05) is 38.1 Å². The normalized spacial score (nSPS) is 14.7. The Morgan fingerprint density at radius 1 is 1.09 bits per heavy atom. The summed E-state index contributed by atoms with van der Waals surface area (Å²) >= 11 is 0. The zero-order valence-corrected chi connectivity index (χ0v) is 19.7. The Bertz CT molecular complexity index is 1510. The largest absolute Gasteiger partial charge is 0.397 e. The number of nitrogens with zero attached hydrogens (tertiary/aromatic N) is 5. The Hall–Kier alpha value is -3.88. The lowest BCUT2D eigenvalue weighted by Gasteiger charge is -2.34. The summed E-state index contributed by atoms with van der Waals surface area (Å²) in [6.07, 6.45) is 2.91. The number of aromatic nitrogens is 4. The summed E-state index contributed by atoms with van der Waals surface area (Å²) in [5, 5.41) is 4.74. The molecule has 0 amide bonds. The molecule has 2 aromatic heterocycles. The number of nitrogens with two attached hydrogens (primary N) is 1. The van der Waals surface area contributed by atoms with Gasteiger partial charge in [-0.25, -0.2) is 14.8 Å². The van der Waals surface area contributed by atoms with Gasteiger partial charge in [-0.3, -0.25) is 13.9 Å². The van der Waals surface area contributed by atoms with Crippen LogP contribution in [0.25, 0.3) is 21.8 Å². The molecule has 2 aromatic carbocycles. The van der Waals surface area contributed by atoms with Gasteiger partial charge in [0.1, 0.15) is 12.1 Å². The minimum atomic E-state index is -0.268. The molecular weight excluding hydrogens is 430 g/mol. The fourth-order valence-electron chi connectivity index (χ4n) is 4.95. The standard InChI is InChI=1S/C25H29N7O2/c1-4-27-21-13-20-17(12-19(21)26)23(29-14-28-20)31-9-7-16(8-10-31)32-24(33)18-11-15(2)5-6-22(18)30(3)25(32)34/h5-6,11-14,16,27H,4,7-10,26H2,1-3H3. The van der Waals surface area contributed by atoms with E-state index in [2.05, 4.69) is 20.2 Å². The lowest BCUT2D eigenvalue weighted by molar-refractivity contribution is 0.371. The number of nitrogens with one attached hydrogen (secondary N) is 1. The lowest BCUT2D eigenvalue weighted by atomic mass is 10.0. The summed E-state index contributed by atoms with van der Waals surface area (Å²) < 4.78 is 3.02. The molecule has 0 radical (unpaired) electrons. The fraction of sp³-hybridized carbons (Fsp3) is 0.360. The van der Waals surface area contributed by atoms with E-state index in [0.717, 1.165) is 34.5 Å². The van der Waals surface area contributed by atoms with Crippen molar-refractivity contribution >= 4 is 39.0 Å². The molecule has 0 atom stereocenters. The van der Waals surface area contributed by atoms with Crippen LogP contribution in [-0.2, 0) is 7.05 Å². The van der Waals surface area contributed by atoms with Crippen molar-refractivity contribution in [2.45, 2.75) is 32.7 Å². The van der Waals surface area contributed by atoms with Crippen LogP contribution in [0.5, 0.6) is 0 Å². The zero-order valence-electron chi connectivity index (χ0n) is 19.7. The van der Waals surface area contributed by atoms with Crippen LogP contribution < -0.4 is 27.2 Å². The molecule has 1 saturated heterocycles. The Labute approximate surface area is 196 Å². The summed E-state index contributed by atoms with van der Waals surface area (Å²) in [5.74, 6) is 0.826. The molecule has 1 aliphatic heterocycles. The molecule has 0 saturated carbocycles. The van der Waals surface area contributed by atoms with Crippen molar-refractivity contribution in [2.24, 2.45) is 7.05 Å². The number of anilines is 3. The number of hydrogen-bond donors (Lipinski definition) is 2. The monoisotopic (exact) mass is 459 g/mol. The molecular formula is C25H29N7O2. The van der Waals surface area contributed by atoms with Crippen molar-refractivity contribution in [3.63, 3.8) is 0 Å². The van der Waals surface area contributed by atoms with Crippen molar-refractivity contribution in [3.8, 4) is 0 Å². The van der Waals surface area contributed by atoms with Gasteiger partial charge < -0.3 is 16.0 Å². The van der Waals surface area contributed by atoms with Crippen molar-refractivity contribution in [1.82, 2.24) is 19.1 Å². The molecule has 9 heteroatoms. The van der Waals surface area contributed by atoms with Gasteiger partial charge in [-0.05, 0) is 51.0 Å². The number of benzene rings is 2. The van der Waals surface area contributed by atoms with Crippen LogP contribution in [0.15, 0.2) is 46.2 Å². The van der Waals surface area contributed by atoms with Gasteiger partial charge in [-0.1, -0.05) is 11.6 Å². The predicted molar refractivity (Wildman–Crippen MR) is 137 cm³/mol. The van der Waals surface area contributed by atoms with Gasteiger partial charge in [0.25, 0.3) is 5.56 Å². The Morgan fingerprint density at radius 2 is 1.85 bits per heavy atom. The maximum absolute atomic E-state index is 13.3. The number of piperidine rings is 1. The summed E-state index contributed by atoms with van der Waals surface area (Å²) in [6, 6.07) is 9.33. The second-order valence-electron chi connectivity index (χ2n) is 8.94. The first-order chi connectivity index (χ1) is 16.4. The topological polar surface area (TPSA) is 111 Å². The van der Waals surface area contributed by atoms with Gasteiger partial charge in [0.2, 0.25) is 0 Å². The number of fused-ring (bicyclic) bond motifs is 2. The summed E-state index contributed by atoms with van der Waals surface area (Å²) in [4.78, 5) is 37.6. The van der Waals surface area contributed by atoms with Crippen molar-refractivity contribution < 1.29 is 0 Å². The average Bonchev–Trinajstić information content (AvgIpc) is 2.83. The maximum Gasteiger partial charge on any atom is 0.331 e. The lowest BCUT2D eigenvalue weighted by Crippen LogP contribution is -2.45. The molecule has 0 bridgehead atoms. The molecule has 0 aliphatic carbocycles. The van der Waals surface area contributed by atoms with E-state index in [9.17, 15) is 9.59 Å². The maximum atomic E-state index is 13.3. The van der Waals surface area contributed by atoms with Gasteiger partial charge in [-0.15, -0.1) is 0 Å². The van der Waals surface area contributed by atoms with E-state index < -0.39 is 0 Å². The van der Waals surface area contributed by atoms with Crippen LogP contribution in [0.3, 0.4) is 0 Å². The highest BCUT2D eigenvalue weighted by atomic mass is 16.2. The minimum Gasteiger partial charge on any atom is -0.397 e. The molecule has 34 heavy (non-hydrogen) atoms. The third-order valence-corrected chi connectivity index (χ3v) is 6.74. The summed E-state index contributed by atoms with van der Waals surface area (Å²) in [6.45, 7) is 6.09. The molecule has 3 heterocycles. The van der Waals surface area contributed by atoms with E-state index >= 15 is 0 Å².